The Hall–Kier alpha value is -2.67. The van der Waals surface area contributed by atoms with Gasteiger partial charge in [-0.2, -0.15) is 0 Å². The lowest BCUT2D eigenvalue weighted by atomic mass is 9.98. The summed E-state index contributed by atoms with van der Waals surface area (Å²) in [4.78, 5) is 16.4. The number of phenolic OH excluding ortho intramolecular Hbond substituents is 1. The first-order chi connectivity index (χ1) is 26.9. The van der Waals surface area contributed by atoms with Crippen LogP contribution in [0.3, 0.4) is 0 Å². The summed E-state index contributed by atoms with van der Waals surface area (Å²) < 4.78 is 0. The molecule has 0 aromatic heterocycles. The zero-order valence-electron chi connectivity index (χ0n) is 38.8. The fourth-order valence-corrected chi connectivity index (χ4v) is 6.67. The van der Waals surface area contributed by atoms with Crippen molar-refractivity contribution in [2.45, 2.75) is 179 Å². The van der Waals surface area contributed by atoms with Gasteiger partial charge in [-0.1, -0.05) is 150 Å². The number of nitrogens with one attached hydrogen (secondary N) is 2. The maximum absolute atomic E-state index is 9.19. The van der Waals surface area contributed by atoms with Crippen LogP contribution in [0.1, 0.15) is 171 Å². The highest BCUT2D eigenvalue weighted by Gasteiger charge is 2.28. The van der Waals surface area contributed by atoms with Crippen LogP contribution in [0.15, 0.2) is 35.9 Å². The van der Waals surface area contributed by atoms with Crippen molar-refractivity contribution in [3.8, 4) is 18.1 Å². The van der Waals surface area contributed by atoms with Crippen molar-refractivity contribution in [1.29, 1.82) is 0 Å². The average molecular weight is 786 g/mol. The molecule has 2 saturated heterocycles. The number of aryl methyl sites for hydroxylation is 1. The summed E-state index contributed by atoms with van der Waals surface area (Å²) in [6.07, 6.45) is 29.8. The highest BCUT2D eigenvalue weighted by atomic mass is 16.7. The van der Waals surface area contributed by atoms with Gasteiger partial charge in [0.05, 0.1) is 24.4 Å². The van der Waals surface area contributed by atoms with E-state index < -0.39 is 0 Å². The molecule has 1 aromatic rings. The number of rotatable bonds is 14. The molecule has 8 heteroatoms. The summed E-state index contributed by atoms with van der Waals surface area (Å²) in [5, 5.41) is 14.8. The van der Waals surface area contributed by atoms with E-state index in [1.165, 1.54) is 109 Å². The number of hydrogen-bond acceptors (Lipinski definition) is 8. The molecule has 2 fully saturated rings. The number of fused-ring (bicyclic) bond motifs is 1. The van der Waals surface area contributed by atoms with Crippen LogP contribution >= 0.6 is 0 Å². The molecule has 2 atom stereocenters. The maximum atomic E-state index is 9.19. The second-order valence-corrected chi connectivity index (χ2v) is 15.0. The lowest BCUT2D eigenvalue weighted by Gasteiger charge is -2.35. The Morgan fingerprint density at radius 3 is 2.00 bits per heavy atom. The molecule has 0 amide bonds. The third-order valence-electron chi connectivity index (χ3n) is 9.56. The van der Waals surface area contributed by atoms with Gasteiger partial charge < -0.3 is 21.0 Å². The fourth-order valence-electron chi connectivity index (χ4n) is 6.67. The second kappa shape index (κ2) is 40.5. The van der Waals surface area contributed by atoms with Gasteiger partial charge in [0, 0.05) is 38.8 Å². The van der Waals surface area contributed by atoms with Crippen LogP contribution in [-0.2, 0) is 9.63 Å². The molecule has 0 bridgehead atoms. The van der Waals surface area contributed by atoms with Gasteiger partial charge in [0.25, 0.3) is 0 Å². The van der Waals surface area contributed by atoms with Crippen molar-refractivity contribution in [1.82, 2.24) is 20.8 Å². The average Bonchev–Trinajstić information content (AvgIpc) is 3.60. The van der Waals surface area contributed by atoms with Crippen LogP contribution in [0.5, 0.6) is 5.75 Å². The normalized spacial score (nSPS) is 16.1. The standard InChI is InChI=1S/C13H28N2.C9H14N2O.C9H9NO.C8H18.C5H12.C2H4O.C2H6/c1-4-5-13(7-6-12(2)3)15-10-8-14-9-11-15;1-12-10-11-7-6-8-4-2-3-5-9(8)11;1-3-7-4-6(2)5-8(11)9(7)10;1-4-6-8(3)7-5-2;1-3-5-4-2;1-2-3;1-2/h12-14H,4-11H2,1-3H3;2-4,9-10H,5-7H2,1H3;1,4-5,11H,10H2,2H3;8H,4-7H2,1-3H3;3-5H2,1-2H3;2H,1H3;1-2H3. The van der Waals surface area contributed by atoms with Crippen molar-refractivity contribution < 1.29 is 14.7 Å². The van der Waals surface area contributed by atoms with E-state index in [2.05, 4.69) is 100 Å². The predicted octanol–water partition coefficient (Wildman–Crippen LogP) is 11.4. The van der Waals surface area contributed by atoms with Gasteiger partial charge >= 0.3 is 0 Å². The van der Waals surface area contributed by atoms with Gasteiger partial charge in [-0.15, -0.1) is 12.0 Å². The number of nitrogen functional groups attached to an aromatic ring is 1. The van der Waals surface area contributed by atoms with Gasteiger partial charge in [-0.25, -0.2) is 5.01 Å². The number of aldehydes is 1. The van der Waals surface area contributed by atoms with Crippen LogP contribution < -0.4 is 16.6 Å². The third kappa shape index (κ3) is 29.6. The summed E-state index contributed by atoms with van der Waals surface area (Å²) in [7, 11) is 1.65. The second-order valence-electron chi connectivity index (χ2n) is 15.0. The molecule has 2 aliphatic heterocycles. The van der Waals surface area contributed by atoms with E-state index in [1.807, 2.05) is 20.8 Å². The Balaban J connectivity index is -0.000000629. The fraction of sp³-hybridized carbons (Fsp3) is 0.729. The Kier molecular flexibility index (Phi) is 41.7. The number of allylic oxidation sites excluding steroid dienone is 2. The van der Waals surface area contributed by atoms with Crippen LogP contribution in [-0.4, -0.2) is 73.2 Å². The number of anilines is 1. The van der Waals surface area contributed by atoms with E-state index in [-0.39, 0.29) is 11.4 Å². The topological polar surface area (TPSA) is 103 Å². The molecule has 1 aliphatic carbocycles. The molecule has 5 N–H and O–H groups in total. The number of carbonyl (C=O) groups is 1. The number of hydrazine groups is 1. The van der Waals surface area contributed by atoms with E-state index in [0.717, 1.165) is 49.1 Å². The molecule has 0 saturated carbocycles. The number of aromatic hydroxyl groups is 1. The van der Waals surface area contributed by atoms with E-state index in [4.69, 9.17) is 21.8 Å². The molecule has 0 spiro atoms. The van der Waals surface area contributed by atoms with Gasteiger partial charge in [0.1, 0.15) is 12.0 Å². The summed E-state index contributed by atoms with van der Waals surface area (Å²) in [6.45, 7) is 31.5. The molecular formula is C48H91N5O3. The summed E-state index contributed by atoms with van der Waals surface area (Å²) in [5.74, 6) is 4.26. The highest BCUT2D eigenvalue weighted by molar-refractivity contribution is 5.64. The maximum Gasteiger partial charge on any atom is 0.140 e. The first-order valence-electron chi connectivity index (χ1n) is 22.2. The molecule has 4 rings (SSSR count). The Bertz CT molecular complexity index is 1130. The number of unbranched alkanes of at least 4 members (excludes halogenated alkanes) is 2. The summed E-state index contributed by atoms with van der Waals surface area (Å²) in [5.41, 5.74) is 11.6. The van der Waals surface area contributed by atoms with Gasteiger partial charge in [-0.05, 0) is 75.5 Å². The van der Waals surface area contributed by atoms with E-state index in [9.17, 15) is 5.11 Å². The number of nitrogens with zero attached hydrogens (tertiary/aromatic N) is 2. The minimum atomic E-state index is 0.0537. The number of phenols is 1. The Morgan fingerprint density at radius 1 is 0.964 bits per heavy atom. The van der Waals surface area contributed by atoms with Crippen LogP contribution in [0.4, 0.5) is 5.69 Å². The lowest BCUT2D eigenvalue weighted by molar-refractivity contribution is -0.106. The molecular weight excluding hydrogens is 695 g/mol. The quantitative estimate of drug-likeness (QED) is 0.0486. The molecule has 3 aliphatic rings. The van der Waals surface area contributed by atoms with Crippen molar-refractivity contribution in [2.75, 3.05) is 45.6 Å². The van der Waals surface area contributed by atoms with Crippen molar-refractivity contribution >= 4 is 12.0 Å². The Labute approximate surface area is 347 Å². The van der Waals surface area contributed by atoms with E-state index in [1.54, 1.807) is 19.2 Å². The molecule has 8 nitrogen and oxygen atoms in total. The number of piperazine rings is 1. The summed E-state index contributed by atoms with van der Waals surface area (Å²) in [6, 6.07) is 4.71. The zero-order valence-corrected chi connectivity index (χ0v) is 38.8. The minimum Gasteiger partial charge on any atom is -0.506 e. The SMILES string of the molecule is C#Cc1cc(C)cc(O)c1N.CC.CC=O.CCCC(C)CCC.CCCC(CCC(C)C)N1CCNCC1.CCCCC.CONN1CCC2=CC=CCC21. The monoisotopic (exact) mass is 786 g/mol. The van der Waals surface area contributed by atoms with Crippen LogP contribution in [0.25, 0.3) is 0 Å². The van der Waals surface area contributed by atoms with E-state index >= 15 is 0 Å². The molecule has 2 heterocycles. The highest BCUT2D eigenvalue weighted by Crippen LogP contribution is 2.27. The van der Waals surface area contributed by atoms with Gasteiger partial charge in [0.2, 0.25) is 0 Å². The molecule has 0 radical (unpaired) electrons. The number of nitrogens with two attached hydrogens (primary N) is 1. The molecule has 2 unspecified atom stereocenters. The first kappa shape index (κ1) is 57.7. The smallest absolute Gasteiger partial charge is 0.140 e. The van der Waals surface area contributed by atoms with Crippen molar-refractivity contribution in [3.63, 3.8) is 0 Å². The zero-order chi connectivity index (χ0) is 43.1. The van der Waals surface area contributed by atoms with Gasteiger partial charge in [0.15, 0.2) is 0 Å². The van der Waals surface area contributed by atoms with Crippen LogP contribution in [0.2, 0.25) is 0 Å². The number of hydrogen-bond donors (Lipinski definition) is 4. The van der Waals surface area contributed by atoms with E-state index in [0.29, 0.717) is 11.6 Å². The lowest BCUT2D eigenvalue weighted by Crippen LogP contribution is -2.48. The van der Waals surface area contributed by atoms with Crippen molar-refractivity contribution in [2.24, 2.45) is 11.8 Å². The third-order valence-corrected chi connectivity index (χ3v) is 9.56. The summed E-state index contributed by atoms with van der Waals surface area (Å²) >= 11 is 0. The largest absolute Gasteiger partial charge is 0.506 e. The van der Waals surface area contributed by atoms with Crippen molar-refractivity contribution in [3.05, 3.63) is 47.1 Å². The predicted molar refractivity (Wildman–Crippen MR) is 247 cm³/mol. The molecule has 56 heavy (non-hydrogen) atoms. The number of terminal acetylenes is 1. The van der Waals surface area contributed by atoms with Gasteiger partial charge in [-0.3, -0.25) is 9.74 Å². The Morgan fingerprint density at radius 2 is 1.54 bits per heavy atom. The number of benzene rings is 1. The minimum absolute atomic E-state index is 0.0537. The first-order valence-corrected chi connectivity index (χ1v) is 22.2. The molecule has 326 valence electrons. The van der Waals surface area contributed by atoms with Crippen LogP contribution in [0, 0.1) is 31.1 Å². The molecule has 1 aromatic carbocycles. The number of carbonyl (C=O) groups excluding carboxylic acids is 1.